The van der Waals surface area contributed by atoms with Gasteiger partial charge in [0.2, 0.25) is 11.8 Å². The predicted octanol–water partition coefficient (Wildman–Crippen LogP) is 5.15. The first-order valence-electron chi connectivity index (χ1n) is 12.8. The van der Waals surface area contributed by atoms with Crippen LogP contribution in [-0.4, -0.2) is 43.8 Å². The summed E-state index contributed by atoms with van der Waals surface area (Å²) >= 11 is 6.38. The van der Waals surface area contributed by atoms with E-state index in [1.54, 1.807) is 49.4 Å². The molecule has 10 heteroatoms. The average molecular weight is 572 g/mol. The lowest BCUT2D eigenvalue weighted by molar-refractivity contribution is -0.139. The molecule has 206 valence electrons. The molecule has 0 unspecified atom stereocenters. The number of nitrogens with one attached hydrogen (secondary N) is 1. The average Bonchev–Trinajstić information content (AvgIpc) is 3.45. The Bertz CT molecular complexity index is 1400. The van der Waals surface area contributed by atoms with Crippen molar-refractivity contribution in [3.8, 4) is 0 Å². The van der Waals surface area contributed by atoms with E-state index in [1.165, 1.54) is 29.2 Å². The van der Waals surface area contributed by atoms with Crippen LogP contribution in [0.4, 0.5) is 10.1 Å². The first-order chi connectivity index (χ1) is 18.7. The number of carbonyl (C=O) groups is 2. The number of carbonyl (C=O) groups excluding carboxylic acids is 2. The summed E-state index contributed by atoms with van der Waals surface area (Å²) in [5.74, 6) is -1.46. The summed E-state index contributed by atoms with van der Waals surface area (Å²) in [6.07, 6.45) is 3.83. The minimum absolute atomic E-state index is 0.000399. The summed E-state index contributed by atoms with van der Waals surface area (Å²) in [4.78, 5) is 28.4. The number of hydrogen-bond acceptors (Lipinski definition) is 4. The smallest absolute Gasteiger partial charge is 0.264 e. The molecule has 3 aromatic rings. The van der Waals surface area contributed by atoms with Crippen molar-refractivity contribution >= 4 is 39.1 Å². The van der Waals surface area contributed by atoms with Crippen LogP contribution >= 0.6 is 11.6 Å². The van der Waals surface area contributed by atoms with E-state index < -0.39 is 34.3 Å². The lowest BCUT2D eigenvalue weighted by Gasteiger charge is -2.32. The molecule has 39 heavy (non-hydrogen) atoms. The lowest BCUT2D eigenvalue weighted by atomic mass is 10.1. The van der Waals surface area contributed by atoms with E-state index in [9.17, 15) is 22.4 Å². The summed E-state index contributed by atoms with van der Waals surface area (Å²) < 4.78 is 42.0. The van der Waals surface area contributed by atoms with Gasteiger partial charge in [-0.2, -0.15) is 0 Å². The largest absolute Gasteiger partial charge is 0.352 e. The van der Waals surface area contributed by atoms with Gasteiger partial charge < -0.3 is 10.2 Å². The molecule has 1 saturated carbocycles. The van der Waals surface area contributed by atoms with Gasteiger partial charge in [0.15, 0.2) is 0 Å². The fourth-order valence-electron chi connectivity index (χ4n) is 4.64. The van der Waals surface area contributed by atoms with E-state index in [2.05, 4.69) is 5.32 Å². The van der Waals surface area contributed by atoms with Crippen molar-refractivity contribution in [3.63, 3.8) is 0 Å². The van der Waals surface area contributed by atoms with E-state index in [-0.39, 0.29) is 29.1 Å². The molecule has 0 aliphatic heterocycles. The number of anilines is 1. The topological polar surface area (TPSA) is 86.8 Å². The van der Waals surface area contributed by atoms with Gasteiger partial charge in [-0.05, 0) is 67.8 Å². The van der Waals surface area contributed by atoms with Gasteiger partial charge in [-0.25, -0.2) is 12.8 Å². The standard InChI is InChI=1S/C29H31ClFN3O4S/c1-21(29(36)32-24-10-6-7-11-24)33(19-22-9-5-8-14-27(22)30)28(35)20-34(25-17-15-23(31)16-18-25)39(37,38)26-12-3-2-4-13-26/h2-5,8-9,12-18,21,24H,6-7,10-11,19-20H2,1H3,(H,32,36)/t21-/m1/s1. The third-order valence-corrected chi connectivity index (χ3v) is 9.05. The fraction of sp³-hybridized carbons (Fsp3) is 0.310. The Kier molecular flexibility index (Phi) is 9.24. The molecule has 1 aliphatic rings. The Balaban J connectivity index is 1.68. The molecule has 0 heterocycles. The minimum Gasteiger partial charge on any atom is -0.352 e. The van der Waals surface area contributed by atoms with Crippen LogP contribution in [0.2, 0.25) is 5.02 Å². The molecule has 0 spiro atoms. The second kappa shape index (κ2) is 12.6. The van der Waals surface area contributed by atoms with Crippen molar-refractivity contribution in [2.24, 2.45) is 0 Å². The van der Waals surface area contributed by atoms with E-state index in [1.807, 2.05) is 0 Å². The first kappa shape index (κ1) is 28.6. The molecule has 1 fully saturated rings. The molecule has 2 amide bonds. The Morgan fingerprint density at radius 1 is 0.974 bits per heavy atom. The maximum atomic E-state index is 13.9. The molecule has 0 bridgehead atoms. The van der Waals surface area contributed by atoms with Crippen LogP contribution in [0.1, 0.15) is 38.2 Å². The van der Waals surface area contributed by atoms with Gasteiger partial charge in [0.1, 0.15) is 18.4 Å². The second-order valence-electron chi connectivity index (χ2n) is 9.58. The SMILES string of the molecule is C[C@H](C(=O)NC1CCCC1)N(Cc1ccccc1Cl)C(=O)CN(c1ccc(F)cc1)S(=O)(=O)c1ccccc1. The number of halogens is 2. The van der Waals surface area contributed by atoms with Crippen molar-refractivity contribution < 1.29 is 22.4 Å². The fourth-order valence-corrected chi connectivity index (χ4v) is 6.27. The molecular formula is C29H31ClFN3O4S. The highest BCUT2D eigenvalue weighted by atomic mass is 35.5. The van der Waals surface area contributed by atoms with Gasteiger partial charge >= 0.3 is 0 Å². The Labute approximate surface area is 233 Å². The van der Waals surface area contributed by atoms with E-state index in [0.717, 1.165) is 42.1 Å². The third-order valence-electron chi connectivity index (χ3n) is 6.89. The molecule has 0 radical (unpaired) electrons. The van der Waals surface area contributed by atoms with Gasteiger partial charge in [0.25, 0.3) is 10.0 Å². The number of amides is 2. The molecule has 0 aromatic heterocycles. The zero-order valence-corrected chi connectivity index (χ0v) is 23.2. The van der Waals surface area contributed by atoms with Crippen LogP contribution in [-0.2, 0) is 26.2 Å². The lowest BCUT2D eigenvalue weighted by Crippen LogP contribution is -2.52. The first-order valence-corrected chi connectivity index (χ1v) is 14.6. The van der Waals surface area contributed by atoms with E-state index in [0.29, 0.717) is 10.6 Å². The Morgan fingerprint density at radius 3 is 2.23 bits per heavy atom. The highest BCUT2D eigenvalue weighted by Gasteiger charge is 2.33. The highest BCUT2D eigenvalue weighted by Crippen LogP contribution is 2.26. The van der Waals surface area contributed by atoms with Crippen LogP contribution in [0.3, 0.4) is 0 Å². The predicted molar refractivity (Wildman–Crippen MR) is 149 cm³/mol. The summed E-state index contributed by atoms with van der Waals surface area (Å²) in [7, 11) is -4.20. The van der Waals surface area contributed by atoms with Gasteiger partial charge in [-0.15, -0.1) is 0 Å². The Morgan fingerprint density at radius 2 is 1.59 bits per heavy atom. The maximum absolute atomic E-state index is 13.9. The molecule has 0 saturated heterocycles. The Hall–Kier alpha value is -3.43. The monoisotopic (exact) mass is 571 g/mol. The van der Waals surface area contributed by atoms with Crippen LogP contribution in [0.5, 0.6) is 0 Å². The van der Waals surface area contributed by atoms with Gasteiger partial charge in [0.05, 0.1) is 10.6 Å². The minimum atomic E-state index is -4.20. The van der Waals surface area contributed by atoms with Gasteiger partial charge in [-0.1, -0.05) is 60.8 Å². The van der Waals surface area contributed by atoms with Crippen LogP contribution in [0, 0.1) is 5.82 Å². The third kappa shape index (κ3) is 6.96. The molecule has 1 N–H and O–H groups in total. The second-order valence-corrected chi connectivity index (χ2v) is 11.8. The number of benzene rings is 3. The van der Waals surface area contributed by atoms with Crippen LogP contribution in [0.15, 0.2) is 83.8 Å². The molecular weight excluding hydrogens is 541 g/mol. The van der Waals surface area contributed by atoms with Crippen molar-refractivity contribution in [2.75, 3.05) is 10.8 Å². The van der Waals surface area contributed by atoms with Crippen molar-refractivity contribution in [1.82, 2.24) is 10.2 Å². The molecule has 4 rings (SSSR count). The van der Waals surface area contributed by atoms with Crippen molar-refractivity contribution in [3.05, 3.63) is 95.3 Å². The maximum Gasteiger partial charge on any atom is 0.264 e. The summed E-state index contributed by atoms with van der Waals surface area (Å²) in [6, 6.07) is 18.7. The van der Waals surface area contributed by atoms with Gasteiger partial charge in [0, 0.05) is 17.6 Å². The van der Waals surface area contributed by atoms with Crippen LogP contribution < -0.4 is 9.62 Å². The zero-order chi connectivity index (χ0) is 28.0. The number of nitrogens with zero attached hydrogens (tertiary/aromatic N) is 2. The quantitative estimate of drug-likeness (QED) is 0.365. The summed E-state index contributed by atoms with van der Waals surface area (Å²) in [5.41, 5.74) is 0.738. The number of rotatable bonds is 10. The highest BCUT2D eigenvalue weighted by molar-refractivity contribution is 7.92. The molecule has 1 atom stereocenters. The number of sulfonamides is 1. The summed E-state index contributed by atoms with van der Waals surface area (Å²) in [5, 5.41) is 3.44. The molecule has 3 aromatic carbocycles. The zero-order valence-electron chi connectivity index (χ0n) is 21.6. The van der Waals surface area contributed by atoms with E-state index in [4.69, 9.17) is 11.6 Å². The normalized spacial score (nSPS) is 14.5. The molecule has 7 nitrogen and oxygen atoms in total. The summed E-state index contributed by atoms with van der Waals surface area (Å²) in [6.45, 7) is 1.02. The van der Waals surface area contributed by atoms with Crippen molar-refractivity contribution in [1.29, 1.82) is 0 Å². The van der Waals surface area contributed by atoms with Crippen LogP contribution in [0.25, 0.3) is 0 Å². The van der Waals surface area contributed by atoms with Crippen molar-refractivity contribution in [2.45, 2.75) is 56.1 Å². The van der Waals surface area contributed by atoms with E-state index >= 15 is 0 Å². The molecule has 1 aliphatic carbocycles. The number of hydrogen-bond donors (Lipinski definition) is 1. The van der Waals surface area contributed by atoms with Gasteiger partial charge in [-0.3, -0.25) is 13.9 Å².